The van der Waals surface area contributed by atoms with Gasteiger partial charge >= 0.3 is 0 Å². The van der Waals surface area contributed by atoms with Crippen LogP contribution in [0.15, 0.2) is 24.4 Å². The van der Waals surface area contributed by atoms with Crippen molar-refractivity contribution in [1.29, 1.82) is 0 Å². The second kappa shape index (κ2) is 4.82. The summed E-state index contributed by atoms with van der Waals surface area (Å²) >= 11 is 7.63. The van der Waals surface area contributed by atoms with Crippen LogP contribution in [0.1, 0.15) is 4.88 Å². The van der Waals surface area contributed by atoms with Crippen LogP contribution in [-0.2, 0) is 6.54 Å². The van der Waals surface area contributed by atoms with Gasteiger partial charge in [-0.25, -0.2) is 4.98 Å². The van der Waals surface area contributed by atoms with Gasteiger partial charge in [0.2, 0.25) is 0 Å². The number of rotatable bonds is 3. The fourth-order valence-corrected chi connectivity index (χ4v) is 2.65. The first-order chi connectivity index (χ1) is 7.70. The number of nitrogens with one attached hydrogen (secondary N) is 1. The molecule has 1 heterocycles. The van der Waals surface area contributed by atoms with Crippen LogP contribution in [0.2, 0.25) is 5.02 Å². The van der Waals surface area contributed by atoms with Crippen molar-refractivity contribution in [2.24, 2.45) is 0 Å². The molecule has 0 unspecified atom stereocenters. The zero-order chi connectivity index (χ0) is 11.5. The van der Waals surface area contributed by atoms with Crippen molar-refractivity contribution in [1.82, 2.24) is 10.3 Å². The molecule has 0 fully saturated rings. The maximum atomic E-state index is 9.26. The third kappa shape index (κ3) is 2.35. The molecular formula is C11H11ClN2OS. The van der Waals surface area contributed by atoms with Gasteiger partial charge in [0.25, 0.3) is 0 Å². The lowest BCUT2D eigenvalue weighted by atomic mass is 10.2. The number of aromatic hydroxyl groups is 1. The van der Waals surface area contributed by atoms with E-state index in [1.54, 1.807) is 23.5 Å². The minimum atomic E-state index is 0.167. The topological polar surface area (TPSA) is 45.2 Å². The van der Waals surface area contributed by atoms with Crippen LogP contribution in [0.25, 0.3) is 10.6 Å². The lowest BCUT2D eigenvalue weighted by Gasteiger charge is -2.00. The van der Waals surface area contributed by atoms with E-state index in [0.717, 1.165) is 22.0 Å². The number of benzene rings is 1. The smallest absolute Gasteiger partial charge is 0.125 e. The number of halogens is 1. The average Bonchev–Trinajstić information content (AvgIpc) is 2.67. The van der Waals surface area contributed by atoms with Crippen molar-refractivity contribution in [3.8, 4) is 16.3 Å². The van der Waals surface area contributed by atoms with Crippen LogP contribution < -0.4 is 5.32 Å². The summed E-state index contributed by atoms with van der Waals surface area (Å²) in [5, 5.41) is 13.7. The first-order valence-electron chi connectivity index (χ1n) is 4.79. The van der Waals surface area contributed by atoms with Gasteiger partial charge < -0.3 is 10.4 Å². The molecular weight excluding hydrogens is 244 g/mol. The highest BCUT2D eigenvalue weighted by molar-refractivity contribution is 7.15. The Balaban J connectivity index is 2.35. The Morgan fingerprint density at radius 1 is 1.50 bits per heavy atom. The van der Waals surface area contributed by atoms with Crippen LogP contribution >= 0.6 is 22.9 Å². The summed E-state index contributed by atoms with van der Waals surface area (Å²) in [6, 6.07) is 4.91. The van der Waals surface area contributed by atoms with Crippen LogP contribution in [0.3, 0.4) is 0 Å². The fraction of sp³-hybridized carbons (Fsp3) is 0.182. The van der Waals surface area contributed by atoms with Crippen molar-refractivity contribution in [2.45, 2.75) is 6.54 Å². The second-order valence-electron chi connectivity index (χ2n) is 3.33. The van der Waals surface area contributed by atoms with Gasteiger partial charge in [0.1, 0.15) is 10.8 Å². The van der Waals surface area contributed by atoms with Crippen molar-refractivity contribution < 1.29 is 5.11 Å². The standard InChI is InChI=1S/C11H11ClN2OS/c1-13-5-8-6-14-11(16-8)9-3-2-7(15)4-10(9)12/h2-4,6,13,15H,5H2,1H3. The molecule has 0 aliphatic rings. The Labute approximate surface area is 103 Å². The zero-order valence-corrected chi connectivity index (χ0v) is 10.3. The lowest BCUT2D eigenvalue weighted by molar-refractivity contribution is 0.475. The predicted octanol–water partition coefficient (Wildman–Crippen LogP) is 2.89. The maximum Gasteiger partial charge on any atom is 0.125 e. The lowest BCUT2D eigenvalue weighted by Crippen LogP contribution is -2.02. The maximum absolute atomic E-state index is 9.26. The van der Waals surface area contributed by atoms with E-state index in [2.05, 4.69) is 10.3 Å². The number of aromatic nitrogens is 1. The molecule has 2 aromatic rings. The summed E-state index contributed by atoms with van der Waals surface area (Å²) in [7, 11) is 1.90. The monoisotopic (exact) mass is 254 g/mol. The van der Waals surface area contributed by atoms with Gasteiger partial charge in [-0.2, -0.15) is 0 Å². The first kappa shape index (κ1) is 11.4. The van der Waals surface area contributed by atoms with Crippen molar-refractivity contribution in [3.05, 3.63) is 34.3 Å². The summed E-state index contributed by atoms with van der Waals surface area (Å²) < 4.78 is 0. The molecule has 1 aromatic heterocycles. The van der Waals surface area contributed by atoms with Gasteiger partial charge in [-0.3, -0.25) is 0 Å². The molecule has 0 amide bonds. The molecule has 0 aliphatic heterocycles. The SMILES string of the molecule is CNCc1cnc(-c2ccc(O)cc2Cl)s1. The molecule has 3 nitrogen and oxygen atoms in total. The zero-order valence-electron chi connectivity index (χ0n) is 8.70. The highest BCUT2D eigenvalue weighted by Gasteiger charge is 2.08. The van der Waals surface area contributed by atoms with E-state index in [9.17, 15) is 5.11 Å². The van der Waals surface area contributed by atoms with Crippen LogP contribution in [0.4, 0.5) is 0 Å². The highest BCUT2D eigenvalue weighted by Crippen LogP contribution is 2.33. The van der Waals surface area contributed by atoms with Gasteiger partial charge in [-0.15, -0.1) is 11.3 Å². The fourth-order valence-electron chi connectivity index (χ4n) is 1.37. The quantitative estimate of drug-likeness (QED) is 0.885. The van der Waals surface area contributed by atoms with Crippen LogP contribution in [-0.4, -0.2) is 17.1 Å². The summed E-state index contributed by atoms with van der Waals surface area (Å²) in [4.78, 5) is 5.46. The minimum Gasteiger partial charge on any atom is -0.508 e. The van der Waals surface area contributed by atoms with E-state index in [1.165, 1.54) is 6.07 Å². The largest absolute Gasteiger partial charge is 0.508 e. The van der Waals surface area contributed by atoms with Gasteiger partial charge in [0, 0.05) is 23.2 Å². The summed E-state index contributed by atoms with van der Waals surface area (Å²) in [5.41, 5.74) is 0.854. The minimum absolute atomic E-state index is 0.167. The van der Waals surface area contributed by atoms with E-state index in [-0.39, 0.29) is 5.75 Å². The van der Waals surface area contributed by atoms with E-state index in [4.69, 9.17) is 11.6 Å². The highest BCUT2D eigenvalue weighted by atomic mass is 35.5. The number of phenolic OH excluding ortho intramolecular Hbond substituents is 1. The predicted molar refractivity (Wildman–Crippen MR) is 67.0 cm³/mol. The number of phenols is 1. The Hall–Kier alpha value is -1.10. The number of hydrogen-bond donors (Lipinski definition) is 2. The third-order valence-electron chi connectivity index (χ3n) is 2.09. The van der Waals surface area contributed by atoms with Gasteiger partial charge in [0.15, 0.2) is 0 Å². The van der Waals surface area contributed by atoms with Crippen LogP contribution in [0.5, 0.6) is 5.75 Å². The van der Waals surface area contributed by atoms with E-state index >= 15 is 0 Å². The van der Waals surface area contributed by atoms with Gasteiger partial charge in [-0.1, -0.05) is 11.6 Å². The molecule has 16 heavy (non-hydrogen) atoms. The summed E-state index contributed by atoms with van der Waals surface area (Å²) in [5.74, 6) is 0.167. The molecule has 0 radical (unpaired) electrons. The number of nitrogens with zero attached hydrogens (tertiary/aromatic N) is 1. The molecule has 0 atom stereocenters. The van der Waals surface area contributed by atoms with E-state index in [0.29, 0.717) is 5.02 Å². The van der Waals surface area contributed by atoms with E-state index < -0.39 is 0 Å². The second-order valence-corrected chi connectivity index (χ2v) is 4.85. The van der Waals surface area contributed by atoms with E-state index in [1.807, 2.05) is 13.2 Å². The van der Waals surface area contributed by atoms with Gasteiger partial charge in [-0.05, 0) is 25.2 Å². The number of hydrogen-bond acceptors (Lipinski definition) is 4. The Kier molecular flexibility index (Phi) is 3.43. The Morgan fingerprint density at radius 2 is 2.31 bits per heavy atom. The van der Waals surface area contributed by atoms with Crippen molar-refractivity contribution in [2.75, 3.05) is 7.05 Å². The number of thiazole rings is 1. The molecule has 0 aliphatic carbocycles. The molecule has 0 saturated carbocycles. The first-order valence-corrected chi connectivity index (χ1v) is 5.98. The van der Waals surface area contributed by atoms with Crippen molar-refractivity contribution >= 4 is 22.9 Å². The summed E-state index contributed by atoms with van der Waals surface area (Å²) in [6.45, 7) is 0.799. The molecule has 1 aromatic carbocycles. The molecule has 84 valence electrons. The molecule has 2 rings (SSSR count). The normalized spacial score (nSPS) is 10.6. The Bertz CT molecular complexity index is 498. The molecule has 5 heteroatoms. The third-order valence-corrected chi connectivity index (χ3v) is 3.43. The average molecular weight is 255 g/mol. The van der Waals surface area contributed by atoms with Gasteiger partial charge in [0.05, 0.1) is 5.02 Å². The molecule has 0 spiro atoms. The molecule has 2 N–H and O–H groups in total. The Morgan fingerprint density at radius 3 is 3.00 bits per heavy atom. The molecule has 0 saturated heterocycles. The van der Waals surface area contributed by atoms with Crippen molar-refractivity contribution in [3.63, 3.8) is 0 Å². The molecule has 0 bridgehead atoms. The van der Waals surface area contributed by atoms with Crippen LogP contribution in [0, 0.1) is 0 Å². The summed E-state index contributed by atoms with van der Waals surface area (Å²) in [6.07, 6.45) is 1.83.